The summed E-state index contributed by atoms with van der Waals surface area (Å²) in [5.41, 5.74) is 1.20. The van der Waals surface area contributed by atoms with E-state index in [9.17, 15) is 5.11 Å². The maximum Gasteiger partial charge on any atom is 0.0546 e. The van der Waals surface area contributed by atoms with Crippen molar-refractivity contribution in [3.63, 3.8) is 0 Å². The fourth-order valence-corrected chi connectivity index (χ4v) is 2.54. The lowest BCUT2D eigenvalue weighted by atomic mass is 9.82. The van der Waals surface area contributed by atoms with Crippen molar-refractivity contribution in [2.24, 2.45) is 0 Å². The summed E-state index contributed by atoms with van der Waals surface area (Å²) in [6.07, 6.45) is 3.94. The van der Waals surface area contributed by atoms with E-state index in [-0.39, 0.29) is 6.10 Å². The van der Waals surface area contributed by atoms with Crippen LogP contribution in [0.4, 0.5) is 0 Å². The molecule has 0 bridgehead atoms. The van der Waals surface area contributed by atoms with Crippen LogP contribution in [0.5, 0.6) is 0 Å². The van der Waals surface area contributed by atoms with Gasteiger partial charge in [-0.25, -0.2) is 0 Å². The molecule has 0 radical (unpaired) electrons. The van der Waals surface area contributed by atoms with Gasteiger partial charge in [-0.2, -0.15) is 0 Å². The number of benzene rings is 1. The van der Waals surface area contributed by atoms with Crippen LogP contribution >= 0.6 is 11.6 Å². The summed E-state index contributed by atoms with van der Waals surface area (Å²) in [6, 6.07) is 7.97. The molecule has 0 aliphatic heterocycles. The molecule has 14 heavy (non-hydrogen) atoms. The van der Waals surface area contributed by atoms with E-state index in [1.54, 1.807) is 0 Å². The molecule has 2 atom stereocenters. The van der Waals surface area contributed by atoms with Gasteiger partial charge in [0.05, 0.1) is 6.10 Å². The van der Waals surface area contributed by atoms with Crippen molar-refractivity contribution < 1.29 is 5.11 Å². The van der Waals surface area contributed by atoms with Gasteiger partial charge in [0.25, 0.3) is 0 Å². The molecule has 1 aliphatic rings. The summed E-state index contributed by atoms with van der Waals surface area (Å²) < 4.78 is 0. The zero-order chi connectivity index (χ0) is 9.97. The van der Waals surface area contributed by atoms with E-state index in [0.29, 0.717) is 5.92 Å². The highest BCUT2D eigenvalue weighted by Crippen LogP contribution is 2.36. The van der Waals surface area contributed by atoms with Crippen LogP contribution in [0.3, 0.4) is 0 Å². The van der Waals surface area contributed by atoms with Gasteiger partial charge in [-0.15, -0.1) is 0 Å². The molecule has 1 aromatic rings. The van der Waals surface area contributed by atoms with Gasteiger partial charge in [-0.3, -0.25) is 0 Å². The second-order valence-electron chi connectivity index (χ2n) is 4.04. The third kappa shape index (κ3) is 2.10. The summed E-state index contributed by atoms with van der Waals surface area (Å²) >= 11 is 6.12. The average Bonchev–Trinajstić information content (AvgIpc) is 2.18. The van der Waals surface area contributed by atoms with Crippen molar-refractivity contribution in [3.8, 4) is 0 Å². The Labute approximate surface area is 89.7 Å². The fourth-order valence-electron chi connectivity index (χ4n) is 2.25. The van der Waals surface area contributed by atoms with Gasteiger partial charge < -0.3 is 5.11 Å². The Morgan fingerprint density at radius 2 is 2.00 bits per heavy atom. The second-order valence-corrected chi connectivity index (χ2v) is 4.45. The zero-order valence-corrected chi connectivity index (χ0v) is 8.87. The van der Waals surface area contributed by atoms with Crippen LogP contribution < -0.4 is 0 Å². The van der Waals surface area contributed by atoms with Crippen LogP contribution in [-0.4, -0.2) is 11.2 Å². The largest absolute Gasteiger partial charge is 0.393 e. The molecular weight excluding hydrogens is 196 g/mol. The predicted molar refractivity (Wildman–Crippen MR) is 58.7 cm³/mol. The highest BCUT2D eigenvalue weighted by atomic mass is 35.5. The molecule has 0 spiro atoms. The first-order valence-electron chi connectivity index (χ1n) is 5.20. The molecule has 2 rings (SSSR count). The number of hydrogen-bond donors (Lipinski definition) is 1. The minimum Gasteiger partial charge on any atom is -0.393 e. The first-order valence-corrected chi connectivity index (χ1v) is 5.57. The Hall–Kier alpha value is -0.530. The molecule has 76 valence electrons. The molecule has 1 nitrogen and oxygen atoms in total. The van der Waals surface area contributed by atoms with Crippen LogP contribution in [0.15, 0.2) is 24.3 Å². The van der Waals surface area contributed by atoms with Crippen LogP contribution in [0.2, 0.25) is 5.02 Å². The topological polar surface area (TPSA) is 20.2 Å². The second kappa shape index (κ2) is 4.33. The van der Waals surface area contributed by atoms with Gasteiger partial charge >= 0.3 is 0 Å². The van der Waals surface area contributed by atoms with Crippen molar-refractivity contribution in [3.05, 3.63) is 34.9 Å². The lowest BCUT2D eigenvalue weighted by molar-refractivity contribution is 0.119. The van der Waals surface area contributed by atoms with Crippen molar-refractivity contribution in [1.29, 1.82) is 0 Å². The van der Waals surface area contributed by atoms with Gasteiger partial charge in [0, 0.05) is 5.02 Å². The summed E-state index contributed by atoms with van der Waals surface area (Å²) in [5, 5.41) is 10.4. The number of aliphatic hydroxyl groups excluding tert-OH is 1. The van der Waals surface area contributed by atoms with Crippen LogP contribution in [0.1, 0.15) is 37.2 Å². The molecule has 0 amide bonds. The lowest BCUT2D eigenvalue weighted by Gasteiger charge is -2.26. The molecule has 1 N–H and O–H groups in total. The van der Waals surface area contributed by atoms with Crippen LogP contribution in [-0.2, 0) is 0 Å². The van der Waals surface area contributed by atoms with Crippen molar-refractivity contribution in [2.75, 3.05) is 0 Å². The molecular formula is C12H15ClO. The van der Waals surface area contributed by atoms with Crippen LogP contribution in [0, 0.1) is 0 Å². The molecule has 1 saturated carbocycles. The minimum absolute atomic E-state index is 0.134. The number of rotatable bonds is 1. The fraction of sp³-hybridized carbons (Fsp3) is 0.500. The van der Waals surface area contributed by atoms with Gasteiger partial charge in [-0.1, -0.05) is 36.2 Å². The number of aliphatic hydroxyl groups is 1. The molecule has 1 aromatic carbocycles. The summed E-state index contributed by atoms with van der Waals surface area (Å²) in [6.45, 7) is 0. The van der Waals surface area contributed by atoms with Gasteiger partial charge in [-0.05, 0) is 36.8 Å². The van der Waals surface area contributed by atoms with Gasteiger partial charge in [0.1, 0.15) is 0 Å². The molecule has 0 saturated heterocycles. The maximum absolute atomic E-state index is 9.59. The van der Waals surface area contributed by atoms with E-state index in [2.05, 4.69) is 6.07 Å². The highest BCUT2D eigenvalue weighted by molar-refractivity contribution is 6.31. The molecule has 0 heterocycles. The zero-order valence-electron chi connectivity index (χ0n) is 8.12. The smallest absolute Gasteiger partial charge is 0.0546 e. The van der Waals surface area contributed by atoms with Gasteiger partial charge in [0.15, 0.2) is 0 Å². The Morgan fingerprint density at radius 1 is 1.21 bits per heavy atom. The third-order valence-corrected chi connectivity index (χ3v) is 3.34. The summed E-state index contributed by atoms with van der Waals surface area (Å²) in [5.74, 6) is 0.451. The maximum atomic E-state index is 9.59. The number of hydrogen-bond acceptors (Lipinski definition) is 1. The van der Waals surface area contributed by atoms with E-state index in [1.807, 2.05) is 18.2 Å². The summed E-state index contributed by atoms with van der Waals surface area (Å²) in [4.78, 5) is 0. The highest BCUT2D eigenvalue weighted by Gasteiger charge is 2.22. The van der Waals surface area contributed by atoms with E-state index in [0.717, 1.165) is 30.7 Å². The molecule has 1 aliphatic carbocycles. The normalized spacial score (nSPS) is 27.6. The Bertz CT molecular complexity index is 311. The monoisotopic (exact) mass is 210 g/mol. The van der Waals surface area contributed by atoms with Crippen molar-refractivity contribution in [1.82, 2.24) is 0 Å². The first kappa shape index (κ1) is 10.0. The average molecular weight is 211 g/mol. The molecule has 2 heteroatoms. The quantitative estimate of drug-likeness (QED) is 0.754. The van der Waals surface area contributed by atoms with E-state index in [1.165, 1.54) is 5.56 Å². The lowest BCUT2D eigenvalue weighted by Crippen LogP contribution is -2.18. The SMILES string of the molecule is OC1CCCC(c2ccccc2Cl)C1. The van der Waals surface area contributed by atoms with E-state index < -0.39 is 0 Å². The van der Waals surface area contributed by atoms with Crippen molar-refractivity contribution >= 4 is 11.6 Å². The van der Waals surface area contributed by atoms with Crippen LogP contribution in [0.25, 0.3) is 0 Å². The molecule has 0 aromatic heterocycles. The molecule has 2 unspecified atom stereocenters. The Kier molecular flexibility index (Phi) is 3.09. The minimum atomic E-state index is -0.134. The number of halogens is 1. The third-order valence-electron chi connectivity index (χ3n) is 2.99. The summed E-state index contributed by atoms with van der Waals surface area (Å²) in [7, 11) is 0. The first-order chi connectivity index (χ1) is 6.77. The predicted octanol–water partition coefficient (Wildman–Crippen LogP) is 3.36. The van der Waals surface area contributed by atoms with Gasteiger partial charge in [0.2, 0.25) is 0 Å². The van der Waals surface area contributed by atoms with E-state index in [4.69, 9.17) is 11.6 Å². The standard InChI is InChI=1S/C12H15ClO/c13-12-7-2-1-6-11(12)9-4-3-5-10(14)8-9/h1-2,6-7,9-10,14H,3-5,8H2. The van der Waals surface area contributed by atoms with Crippen molar-refractivity contribution in [2.45, 2.75) is 37.7 Å². The van der Waals surface area contributed by atoms with E-state index >= 15 is 0 Å². The molecule has 1 fully saturated rings. The Morgan fingerprint density at radius 3 is 2.71 bits per heavy atom. The Balaban J connectivity index is 2.18.